The molecule has 1 fully saturated rings. The number of carbonyl (C=O) groups is 1. The topological polar surface area (TPSA) is 151 Å². The summed E-state index contributed by atoms with van der Waals surface area (Å²) in [6.45, 7) is -0.494. The Kier molecular flexibility index (Phi) is 3.30. The maximum absolute atomic E-state index is 11.7. The predicted octanol–water partition coefficient (Wildman–Crippen LogP) is -3.07. The molecule has 4 atom stereocenters. The van der Waals surface area contributed by atoms with Gasteiger partial charge >= 0.3 is 0 Å². The number of aliphatic imine (C=N–C) groups is 2. The number of ether oxygens (including phenoxy) is 1. The number of aliphatic hydroxyl groups is 3. The average molecular weight is 313 g/mol. The Hall–Kier alpha value is -1.79. The van der Waals surface area contributed by atoms with Crippen LogP contribution in [0.1, 0.15) is 0 Å². The molecular weight excluding hydrogens is 302 g/mol. The van der Waals surface area contributed by atoms with Crippen LogP contribution in [0.15, 0.2) is 9.98 Å². The molecule has 3 rings (SSSR count). The van der Waals surface area contributed by atoms with Gasteiger partial charge in [0.05, 0.1) is 6.61 Å². The Balaban J connectivity index is 1.95. The van der Waals surface area contributed by atoms with Crippen molar-refractivity contribution in [3.8, 4) is 0 Å². The van der Waals surface area contributed by atoms with E-state index in [1.807, 2.05) is 0 Å². The lowest BCUT2D eigenvalue weighted by Gasteiger charge is -2.28. The number of nitrogens with one attached hydrogen (secondary N) is 2. The Labute approximate surface area is 123 Å². The van der Waals surface area contributed by atoms with Crippen LogP contribution in [0.2, 0.25) is 0 Å². The third-order valence-electron chi connectivity index (χ3n) is 3.29. The first-order valence-corrected chi connectivity index (χ1v) is 6.38. The first-order valence-electron chi connectivity index (χ1n) is 5.97. The summed E-state index contributed by atoms with van der Waals surface area (Å²) in [4.78, 5) is 20.6. The Morgan fingerprint density at radius 3 is 2.71 bits per heavy atom. The molecule has 0 aliphatic carbocycles. The van der Waals surface area contributed by atoms with Gasteiger partial charge in [0.15, 0.2) is 17.8 Å². The van der Waals surface area contributed by atoms with Crippen molar-refractivity contribution in [1.29, 1.82) is 5.41 Å². The number of hydrogen-bond acceptors (Lipinski definition) is 7. The summed E-state index contributed by atoms with van der Waals surface area (Å²) in [5.74, 6) is -1.06. The lowest BCUT2D eigenvalue weighted by Crippen LogP contribution is -2.53. The highest BCUT2D eigenvalue weighted by Gasteiger charge is 2.50. The lowest BCUT2D eigenvalue weighted by atomic mass is 10.1. The Bertz CT molecular complexity index is 605. The summed E-state index contributed by atoms with van der Waals surface area (Å²) in [5, 5.41) is 38.4. The molecule has 112 valence electrons. The monoisotopic (exact) mass is 313 g/mol. The van der Waals surface area contributed by atoms with Gasteiger partial charge < -0.3 is 20.1 Å². The van der Waals surface area contributed by atoms with E-state index in [1.54, 1.807) is 0 Å². The van der Waals surface area contributed by atoms with E-state index >= 15 is 0 Å². The molecule has 11 heteroatoms. The van der Waals surface area contributed by atoms with Gasteiger partial charge in [0.25, 0.3) is 5.91 Å². The van der Waals surface area contributed by atoms with Crippen molar-refractivity contribution in [2.24, 2.45) is 9.98 Å². The maximum Gasteiger partial charge on any atom is 0.280 e. The number of nitrogens with zero attached hydrogens (tertiary/aromatic N) is 3. The molecule has 0 bridgehead atoms. The minimum atomic E-state index is -1.38. The lowest BCUT2D eigenvalue weighted by molar-refractivity contribution is -0.113. The highest BCUT2D eigenvalue weighted by Crippen LogP contribution is 2.27. The summed E-state index contributed by atoms with van der Waals surface area (Å²) in [6.07, 6.45) is -4.83. The first-order chi connectivity index (χ1) is 9.93. The number of carbonyl (C=O) groups excluding carboxylic acids is 1. The zero-order chi connectivity index (χ0) is 15.3. The van der Waals surface area contributed by atoms with Gasteiger partial charge in [-0.15, -0.1) is 0 Å². The zero-order valence-electron chi connectivity index (χ0n) is 10.4. The van der Waals surface area contributed by atoms with Crippen molar-refractivity contribution < 1.29 is 24.9 Å². The molecule has 0 aromatic heterocycles. The molecule has 1 amide bonds. The van der Waals surface area contributed by atoms with E-state index in [2.05, 4.69) is 15.3 Å². The number of guanidine groups is 1. The summed E-state index contributed by atoms with van der Waals surface area (Å²) in [6, 6.07) is 0. The number of hydrogen-bond donors (Lipinski definition) is 5. The number of fused-ring (bicyclic) bond motifs is 1. The van der Waals surface area contributed by atoms with Crippen LogP contribution in [0.4, 0.5) is 0 Å². The van der Waals surface area contributed by atoms with Crippen LogP contribution >= 0.6 is 12.2 Å². The first kappa shape index (κ1) is 14.2. The van der Waals surface area contributed by atoms with Crippen LogP contribution in [0.5, 0.6) is 0 Å². The molecule has 3 aliphatic rings. The third-order valence-corrected chi connectivity index (χ3v) is 3.58. The van der Waals surface area contributed by atoms with Gasteiger partial charge in [0.2, 0.25) is 11.1 Å². The van der Waals surface area contributed by atoms with Crippen molar-refractivity contribution in [1.82, 2.24) is 10.2 Å². The minimum Gasteiger partial charge on any atom is -0.394 e. The Morgan fingerprint density at radius 1 is 1.38 bits per heavy atom. The number of thiocarbonyl (C=S) groups is 1. The SMILES string of the molecule is N=C1N=C2C(=NC(=S)N2[C@@H]2O[C@H](CO)[C@H](O)[C@@H]2O)C(=O)N1. The van der Waals surface area contributed by atoms with Gasteiger partial charge in [-0.2, -0.15) is 4.99 Å². The van der Waals surface area contributed by atoms with E-state index < -0.39 is 43.0 Å². The van der Waals surface area contributed by atoms with Crippen molar-refractivity contribution in [3.05, 3.63) is 0 Å². The van der Waals surface area contributed by atoms with Crippen LogP contribution < -0.4 is 5.32 Å². The standard InChI is InChI=1S/C10H11N5O5S/c11-9-13-6-3(7(19)14-9)12-10(21)15(6)8-5(18)4(17)2(1-16)20-8/h2,4-5,8,16-18H,1H2,(H2,11,14,19)/t2-,4+,5+,8-/m1/s1. The van der Waals surface area contributed by atoms with Crippen LogP contribution in [0.3, 0.4) is 0 Å². The quantitative estimate of drug-likeness (QED) is 0.339. The van der Waals surface area contributed by atoms with E-state index in [-0.39, 0.29) is 16.7 Å². The fourth-order valence-corrected chi connectivity index (χ4v) is 2.57. The Morgan fingerprint density at radius 2 is 2.10 bits per heavy atom. The molecule has 0 radical (unpaired) electrons. The van der Waals surface area contributed by atoms with Crippen LogP contribution in [-0.2, 0) is 9.53 Å². The van der Waals surface area contributed by atoms with Gasteiger partial charge in [-0.25, -0.2) is 4.99 Å². The van der Waals surface area contributed by atoms with E-state index in [4.69, 9.17) is 27.5 Å². The molecule has 21 heavy (non-hydrogen) atoms. The van der Waals surface area contributed by atoms with E-state index in [1.165, 1.54) is 0 Å². The van der Waals surface area contributed by atoms with Crippen molar-refractivity contribution in [3.63, 3.8) is 0 Å². The molecule has 0 saturated carbocycles. The maximum atomic E-state index is 11.7. The fourth-order valence-electron chi connectivity index (χ4n) is 2.29. The molecule has 0 aromatic carbocycles. The van der Waals surface area contributed by atoms with Crippen LogP contribution in [-0.4, -0.2) is 79.9 Å². The second-order valence-electron chi connectivity index (χ2n) is 4.58. The molecule has 10 nitrogen and oxygen atoms in total. The van der Waals surface area contributed by atoms with Gasteiger partial charge in [-0.1, -0.05) is 0 Å². The van der Waals surface area contributed by atoms with Gasteiger partial charge in [-0.3, -0.25) is 20.4 Å². The third kappa shape index (κ3) is 2.06. The smallest absolute Gasteiger partial charge is 0.280 e. The predicted molar refractivity (Wildman–Crippen MR) is 72.9 cm³/mol. The number of amides is 1. The van der Waals surface area contributed by atoms with Gasteiger partial charge in [0, 0.05) is 0 Å². The van der Waals surface area contributed by atoms with Gasteiger partial charge in [0.1, 0.15) is 18.3 Å². The largest absolute Gasteiger partial charge is 0.394 e. The molecule has 5 N–H and O–H groups in total. The summed E-state index contributed by atoms with van der Waals surface area (Å²) in [5.41, 5.74) is -0.0891. The number of rotatable bonds is 2. The minimum absolute atomic E-state index is 0.0245. The highest BCUT2D eigenvalue weighted by atomic mass is 32.1. The highest BCUT2D eigenvalue weighted by molar-refractivity contribution is 7.80. The zero-order valence-corrected chi connectivity index (χ0v) is 11.2. The summed E-state index contributed by atoms with van der Waals surface area (Å²) in [7, 11) is 0. The summed E-state index contributed by atoms with van der Waals surface area (Å²) < 4.78 is 5.34. The second-order valence-corrected chi connectivity index (χ2v) is 4.95. The number of amidine groups is 1. The normalized spacial score (nSPS) is 35.6. The van der Waals surface area contributed by atoms with Crippen molar-refractivity contribution >= 4 is 40.7 Å². The van der Waals surface area contributed by atoms with Crippen molar-refractivity contribution in [2.75, 3.05) is 6.61 Å². The van der Waals surface area contributed by atoms with E-state index in [9.17, 15) is 15.0 Å². The molecule has 0 spiro atoms. The number of aliphatic hydroxyl groups excluding tert-OH is 3. The van der Waals surface area contributed by atoms with Crippen LogP contribution in [0.25, 0.3) is 0 Å². The van der Waals surface area contributed by atoms with Gasteiger partial charge in [-0.05, 0) is 12.2 Å². The van der Waals surface area contributed by atoms with E-state index in [0.29, 0.717) is 0 Å². The molecule has 3 heterocycles. The second kappa shape index (κ2) is 4.89. The average Bonchev–Trinajstić information content (AvgIpc) is 2.89. The molecule has 0 aromatic rings. The van der Waals surface area contributed by atoms with Crippen LogP contribution in [0, 0.1) is 5.41 Å². The summed E-state index contributed by atoms with van der Waals surface area (Å²) >= 11 is 5.02. The molecule has 1 saturated heterocycles. The van der Waals surface area contributed by atoms with E-state index in [0.717, 1.165) is 4.90 Å². The fraction of sp³-hybridized carbons (Fsp3) is 0.500. The molecular formula is C10H11N5O5S. The van der Waals surface area contributed by atoms with Crippen molar-refractivity contribution in [2.45, 2.75) is 24.5 Å². The molecule has 0 unspecified atom stereocenters. The molecule has 3 aliphatic heterocycles.